The van der Waals surface area contributed by atoms with Crippen LogP contribution in [0.15, 0.2) is 48.9 Å². The van der Waals surface area contributed by atoms with E-state index in [-0.39, 0.29) is 5.91 Å². The molecule has 102 valence electrons. The summed E-state index contributed by atoms with van der Waals surface area (Å²) in [4.78, 5) is 16.1. The Bertz CT molecular complexity index is 880. The molecule has 0 atom stereocenters. The SMILES string of the molecule is O=C1Nc2ncccc2C1=CNc1ccc2cn[nH]c2c1. The molecule has 0 spiro atoms. The Hall–Kier alpha value is -3.15. The number of fused-ring (bicyclic) bond motifs is 2. The zero-order valence-corrected chi connectivity index (χ0v) is 10.9. The zero-order chi connectivity index (χ0) is 14.2. The number of aromatic amines is 1. The second-order valence-corrected chi connectivity index (χ2v) is 4.73. The standard InChI is InChI=1S/C15H11N5O/c21-15-12(11-2-1-5-16-14(11)19-15)8-17-10-4-3-9-7-18-20-13(9)6-10/h1-8,17H,(H,18,20)(H,16,19,21). The van der Waals surface area contributed by atoms with E-state index in [0.29, 0.717) is 11.4 Å². The van der Waals surface area contributed by atoms with E-state index in [1.807, 2.05) is 30.3 Å². The Morgan fingerprint density at radius 2 is 2.19 bits per heavy atom. The topological polar surface area (TPSA) is 82.7 Å². The van der Waals surface area contributed by atoms with Crippen LogP contribution in [-0.4, -0.2) is 21.1 Å². The number of amides is 1. The van der Waals surface area contributed by atoms with Crippen molar-refractivity contribution in [2.45, 2.75) is 0 Å². The van der Waals surface area contributed by atoms with E-state index in [4.69, 9.17) is 0 Å². The van der Waals surface area contributed by atoms with E-state index in [1.165, 1.54) is 0 Å². The van der Waals surface area contributed by atoms with Gasteiger partial charge in [-0.15, -0.1) is 0 Å². The van der Waals surface area contributed by atoms with Crippen LogP contribution in [0.1, 0.15) is 5.56 Å². The van der Waals surface area contributed by atoms with Crippen LogP contribution in [-0.2, 0) is 4.79 Å². The summed E-state index contributed by atoms with van der Waals surface area (Å²) in [6, 6.07) is 9.52. The molecule has 0 bridgehead atoms. The van der Waals surface area contributed by atoms with Gasteiger partial charge < -0.3 is 10.6 Å². The first kappa shape index (κ1) is 11.7. The molecule has 3 N–H and O–H groups in total. The summed E-state index contributed by atoms with van der Waals surface area (Å²) in [7, 11) is 0. The van der Waals surface area contributed by atoms with Gasteiger partial charge in [-0.2, -0.15) is 5.10 Å². The molecule has 1 aliphatic rings. The molecule has 0 fully saturated rings. The van der Waals surface area contributed by atoms with Gasteiger partial charge >= 0.3 is 0 Å². The van der Waals surface area contributed by atoms with E-state index in [2.05, 4.69) is 25.8 Å². The van der Waals surface area contributed by atoms with Crippen molar-refractivity contribution in [2.24, 2.45) is 0 Å². The Morgan fingerprint density at radius 1 is 1.24 bits per heavy atom. The van der Waals surface area contributed by atoms with Gasteiger partial charge in [-0.05, 0) is 30.3 Å². The van der Waals surface area contributed by atoms with Crippen LogP contribution < -0.4 is 10.6 Å². The van der Waals surface area contributed by atoms with Gasteiger partial charge in [0.25, 0.3) is 5.91 Å². The Balaban J connectivity index is 1.67. The summed E-state index contributed by atoms with van der Waals surface area (Å²) in [5.41, 5.74) is 3.20. The van der Waals surface area contributed by atoms with E-state index >= 15 is 0 Å². The maximum atomic E-state index is 11.9. The molecule has 0 aliphatic carbocycles. The van der Waals surface area contributed by atoms with Gasteiger partial charge in [0, 0.05) is 29.0 Å². The lowest BCUT2D eigenvalue weighted by atomic mass is 10.1. The normalized spacial score (nSPS) is 15.2. The number of anilines is 2. The summed E-state index contributed by atoms with van der Waals surface area (Å²) < 4.78 is 0. The van der Waals surface area contributed by atoms with Crippen LogP contribution in [0.3, 0.4) is 0 Å². The number of nitrogens with one attached hydrogen (secondary N) is 3. The van der Waals surface area contributed by atoms with Crippen LogP contribution in [0.4, 0.5) is 11.5 Å². The molecule has 2 aromatic heterocycles. The minimum Gasteiger partial charge on any atom is -0.361 e. The maximum absolute atomic E-state index is 11.9. The number of benzene rings is 1. The molecular weight excluding hydrogens is 266 g/mol. The third kappa shape index (κ3) is 1.93. The number of rotatable bonds is 2. The zero-order valence-electron chi connectivity index (χ0n) is 10.9. The highest BCUT2D eigenvalue weighted by molar-refractivity contribution is 6.31. The lowest BCUT2D eigenvalue weighted by Crippen LogP contribution is -2.05. The van der Waals surface area contributed by atoms with Crippen LogP contribution in [0, 0.1) is 0 Å². The summed E-state index contributed by atoms with van der Waals surface area (Å²) in [5, 5.41) is 13.8. The highest BCUT2D eigenvalue weighted by atomic mass is 16.2. The van der Waals surface area contributed by atoms with Crippen LogP contribution >= 0.6 is 0 Å². The van der Waals surface area contributed by atoms with Crippen molar-refractivity contribution in [3.63, 3.8) is 0 Å². The molecule has 21 heavy (non-hydrogen) atoms. The molecule has 3 aromatic rings. The third-order valence-corrected chi connectivity index (χ3v) is 3.40. The number of aromatic nitrogens is 3. The van der Waals surface area contributed by atoms with E-state index in [9.17, 15) is 4.79 Å². The van der Waals surface area contributed by atoms with Gasteiger partial charge in [-0.3, -0.25) is 9.89 Å². The molecule has 0 saturated carbocycles. The van der Waals surface area contributed by atoms with Gasteiger partial charge in [-0.25, -0.2) is 4.98 Å². The summed E-state index contributed by atoms with van der Waals surface area (Å²) in [6.07, 6.45) is 5.12. The van der Waals surface area contributed by atoms with Crippen molar-refractivity contribution in [1.82, 2.24) is 15.2 Å². The van der Waals surface area contributed by atoms with Gasteiger partial charge in [0.15, 0.2) is 0 Å². The number of hydrogen-bond donors (Lipinski definition) is 3. The first-order chi connectivity index (χ1) is 10.3. The second-order valence-electron chi connectivity index (χ2n) is 4.73. The predicted octanol–water partition coefficient (Wildman–Crippen LogP) is 2.36. The van der Waals surface area contributed by atoms with Crippen molar-refractivity contribution < 1.29 is 4.79 Å². The first-order valence-corrected chi connectivity index (χ1v) is 6.48. The summed E-state index contributed by atoms with van der Waals surface area (Å²) >= 11 is 0. The number of carbonyl (C=O) groups excluding carboxylic acids is 1. The number of H-pyrrole nitrogens is 1. The van der Waals surface area contributed by atoms with E-state index < -0.39 is 0 Å². The minimum absolute atomic E-state index is 0.154. The highest BCUT2D eigenvalue weighted by Crippen LogP contribution is 2.29. The minimum atomic E-state index is -0.154. The Kier molecular flexibility index (Phi) is 2.47. The van der Waals surface area contributed by atoms with Crippen LogP contribution in [0.5, 0.6) is 0 Å². The molecule has 6 nitrogen and oxygen atoms in total. The lowest BCUT2D eigenvalue weighted by molar-refractivity contribution is -0.110. The highest BCUT2D eigenvalue weighted by Gasteiger charge is 2.24. The summed E-state index contributed by atoms with van der Waals surface area (Å²) in [5.74, 6) is 0.443. The van der Waals surface area contributed by atoms with Crippen molar-refractivity contribution >= 4 is 33.9 Å². The third-order valence-electron chi connectivity index (χ3n) is 3.40. The van der Waals surface area contributed by atoms with Crippen molar-refractivity contribution in [3.8, 4) is 0 Å². The molecule has 0 radical (unpaired) electrons. The fourth-order valence-corrected chi connectivity index (χ4v) is 2.35. The monoisotopic (exact) mass is 277 g/mol. The second kappa shape index (κ2) is 4.45. The quantitative estimate of drug-likeness (QED) is 0.628. The molecule has 4 rings (SSSR count). The number of nitrogens with zero attached hydrogens (tertiary/aromatic N) is 2. The number of hydrogen-bond acceptors (Lipinski definition) is 4. The molecule has 1 aromatic carbocycles. The average molecular weight is 277 g/mol. The fourth-order valence-electron chi connectivity index (χ4n) is 2.35. The number of pyridine rings is 1. The predicted molar refractivity (Wildman–Crippen MR) is 80.6 cm³/mol. The molecule has 0 unspecified atom stereocenters. The fraction of sp³-hybridized carbons (Fsp3) is 0. The molecule has 3 heterocycles. The van der Waals surface area contributed by atoms with E-state index in [1.54, 1.807) is 18.6 Å². The van der Waals surface area contributed by atoms with Gasteiger partial charge in [0.1, 0.15) is 5.82 Å². The largest absolute Gasteiger partial charge is 0.361 e. The van der Waals surface area contributed by atoms with Crippen molar-refractivity contribution in [2.75, 3.05) is 10.6 Å². The van der Waals surface area contributed by atoms with Crippen molar-refractivity contribution in [1.29, 1.82) is 0 Å². The van der Waals surface area contributed by atoms with E-state index in [0.717, 1.165) is 22.2 Å². The number of carbonyl (C=O) groups is 1. The van der Waals surface area contributed by atoms with Crippen LogP contribution in [0.25, 0.3) is 16.5 Å². The van der Waals surface area contributed by atoms with Gasteiger partial charge in [0.05, 0.1) is 17.3 Å². The molecule has 6 heteroatoms. The van der Waals surface area contributed by atoms with Crippen LogP contribution in [0.2, 0.25) is 0 Å². The smallest absolute Gasteiger partial charge is 0.259 e. The molecular formula is C15H11N5O. The maximum Gasteiger partial charge on any atom is 0.259 e. The molecule has 1 aliphatic heterocycles. The molecule has 1 amide bonds. The van der Waals surface area contributed by atoms with Gasteiger partial charge in [-0.1, -0.05) is 0 Å². The van der Waals surface area contributed by atoms with Crippen molar-refractivity contribution in [3.05, 3.63) is 54.5 Å². The Morgan fingerprint density at radius 3 is 3.14 bits per heavy atom. The average Bonchev–Trinajstić information content (AvgIpc) is 3.08. The first-order valence-electron chi connectivity index (χ1n) is 6.48. The summed E-state index contributed by atoms with van der Waals surface area (Å²) in [6.45, 7) is 0. The lowest BCUT2D eigenvalue weighted by Gasteiger charge is -2.02. The Labute approximate surface area is 119 Å². The molecule has 0 saturated heterocycles. The van der Waals surface area contributed by atoms with Gasteiger partial charge in [0.2, 0.25) is 0 Å².